The zero-order chi connectivity index (χ0) is 11.3. The number of aromatic hydroxyl groups is 1. The summed E-state index contributed by atoms with van der Waals surface area (Å²) in [6.45, 7) is 2.28. The summed E-state index contributed by atoms with van der Waals surface area (Å²) in [5.41, 5.74) is 2.17. The lowest BCUT2D eigenvalue weighted by atomic mass is 10.0. The summed E-state index contributed by atoms with van der Waals surface area (Å²) in [7, 11) is 0. The third-order valence-corrected chi connectivity index (χ3v) is 3.71. The van der Waals surface area contributed by atoms with Gasteiger partial charge in [0.1, 0.15) is 5.75 Å². The van der Waals surface area contributed by atoms with Crippen molar-refractivity contribution in [3.05, 3.63) is 29.3 Å². The molecule has 0 aromatic heterocycles. The van der Waals surface area contributed by atoms with Crippen molar-refractivity contribution >= 4 is 5.97 Å². The summed E-state index contributed by atoms with van der Waals surface area (Å²) in [5, 5.41) is 9.68. The van der Waals surface area contributed by atoms with Gasteiger partial charge in [-0.2, -0.15) is 0 Å². The van der Waals surface area contributed by atoms with E-state index in [9.17, 15) is 9.90 Å². The normalized spacial score (nSPS) is 29.4. The lowest BCUT2D eigenvalue weighted by molar-refractivity contribution is -0.145. The summed E-state index contributed by atoms with van der Waals surface area (Å²) in [5.74, 6) is 0.983. The maximum Gasteiger partial charge on any atom is 0.309 e. The van der Waals surface area contributed by atoms with E-state index in [1.54, 1.807) is 6.07 Å². The SMILES string of the molecule is CCOC(=O)C1C2Cc3c(O)cccc3C21. The van der Waals surface area contributed by atoms with E-state index < -0.39 is 0 Å². The van der Waals surface area contributed by atoms with Gasteiger partial charge in [-0.3, -0.25) is 4.79 Å². The molecule has 1 N–H and O–H groups in total. The Morgan fingerprint density at radius 3 is 3.12 bits per heavy atom. The minimum atomic E-state index is -0.0773. The zero-order valence-electron chi connectivity index (χ0n) is 9.14. The molecule has 0 saturated heterocycles. The quantitative estimate of drug-likeness (QED) is 0.770. The standard InChI is InChI=1S/C13H14O3/c1-2-16-13(15)12-9-6-8-7(11(9)12)4-3-5-10(8)14/h3-5,9,11-12,14H,2,6H2,1H3. The molecule has 0 heterocycles. The van der Waals surface area contributed by atoms with Crippen LogP contribution >= 0.6 is 0 Å². The molecule has 0 spiro atoms. The minimum Gasteiger partial charge on any atom is -0.508 e. The van der Waals surface area contributed by atoms with Crippen LogP contribution < -0.4 is 0 Å². The Bertz CT molecular complexity index is 452. The first kappa shape index (κ1) is 9.70. The molecule has 84 valence electrons. The van der Waals surface area contributed by atoms with Crippen LogP contribution in [0.25, 0.3) is 0 Å². The van der Waals surface area contributed by atoms with Crippen molar-refractivity contribution in [3.8, 4) is 5.75 Å². The first-order valence-corrected chi connectivity index (χ1v) is 5.71. The zero-order valence-corrected chi connectivity index (χ0v) is 9.14. The molecule has 2 aliphatic carbocycles. The number of esters is 1. The van der Waals surface area contributed by atoms with E-state index in [0.29, 0.717) is 24.2 Å². The molecule has 16 heavy (non-hydrogen) atoms. The van der Waals surface area contributed by atoms with Crippen molar-refractivity contribution in [1.82, 2.24) is 0 Å². The van der Waals surface area contributed by atoms with E-state index in [0.717, 1.165) is 17.5 Å². The van der Waals surface area contributed by atoms with Crippen LogP contribution in [0.1, 0.15) is 24.0 Å². The van der Waals surface area contributed by atoms with E-state index in [1.165, 1.54) is 0 Å². The van der Waals surface area contributed by atoms with Crippen LogP contribution in [-0.2, 0) is 16.0 Å². The average Bonchev–Trinajstić information content (AvgIpc) is 2.85. The molecule has 0 radical (unpaired) electrons. The summed E-state index contributed by atoms with van der Waals surface area (Å²) in [6.07, 6.45) is 0.816. The third-order valence-electron chi connectivity index (χ3n) is 3.71. The number of rotatable bonds is 2. The molecule has 3 nitrogen and oxygen atoms in total. The van der Waals surface area contributed by atoms with Crippen LogP contribution in [0.15, 0.2) is 18.2 Å². The van der Waals surface area contributed by atoms with Crippen molar-refractivity contribution in [3.63, 3.8) is 0 Å². The summed E-state index contributed by atoms with van der Waals surface area (Å²) in [4.78, 5) is 11.6. The second-order valence-corrected chi connectivity index (χ2v) is 4.52. The maximum atomic E-state index is 11.6. The highest BCUT2D eigenvalue weighted by molar-refractivity contribution is 5.80. The van der Waals surface area contributed by atoms with E-state index in [2.05, 4.69) is 0 Å². The molecule has 3 atom stereocenters. The first-order valence-electron chi connectivity index (χ1n) is 5.71. The van der Waals surface area contributed by atoms with E-state index in [-0.39, 0.29) is 11.9 Å². The number of carbonyl (C=O) groups excluding carboxylic acids is 1. The van der Waals surface area contributed by atoms with E-state index >= 15 is 0 Å². The van der Waals surface area contributed by atoms with Gasteiger partial charge in [-0.05, 0) is 36.5 Å². The number of fused-ring (bicyclic) bond motifs is 3. The maximum absolute atomic E-state index is 11.6. The average molecular weight is 218 g/mol. The number of phenols is 1. The third kappa shape index (κ3) is 1.17. The lowest BCUT2D eigenvalue weighted by Gasteiger charge is -2.08. The second-order valence-electron chi connectivity index (χ2n) is 4.52. The van der Waals surface area contributed by atoms with Gasteiger partial charge >= 0.3 is 5.97 Å². The van der Waals surface area contributed by atoms with Gasteiger partial charge in [-0.25, -0.2) is 0 Å². The fraction of sp³-hybridized carbons (Fsp3) is 0.462. The predicted molar refractivity (Wildman–Crippen MR) is 58.2 cm³/mol. The van der Waals surface area contributed by atoms with Crippen LogP contribution in [0, 0.1) is 11.8 Å². The molecular formula is C13H14O3. The fourth-order valence-corrected chi connectivity index (χ4v) is 2.97. The van der Waals surface area contributed by atoms with Crippen molar-refractivity contribution in [2.45, 2.75) is 19.3 Å². The first-order chi connectivity index (χ1) is 7.74. The highest BCUT2D eigenvalue weighted by Gasteiger charge is 2.60. The molecule has 0 aliphatic heterocycles. The van der Waals surface area contributed by atoms with Crippen LogP contribution in [-0.4, -0.2) is 17.7 Å². The van der Waals surface area contributed by atoms with Gasteiger partial charge in [-0.1, -0.05) is 12.1 Å². The Hall–Kier alpha value is -1.51. The van der Waals surface area contributed by atoms with Gasteiger partial charge in [-0.15, -0.1) is 0 Å². The van der Waals surface area contributed by atoms with Gasteiger partial charge < -0.3 is 9.84 Å². The molecule has 1 fully saturated rings. The molecule has 3 heteroatoms. The number of phenolic OH excluding ortho intramolecular Hbond substituents is 1. The topological polar surface area (TPSA) is 46.5 Å². The Balaban J connectivity index is 1.85. The Morgan fingerprint density at radius 1 is 1.56 bits per heavy atom. The van der Waals surface area contributed by atoms with E-state index in [4.69, 9.17) is 4.74 Å². The van der Waals surface area contributed by atoms with Crippen LogP contribution in [0.2, 0.25) is 0 Å². The molecule has 2 aliphatic rings. The molecular weight excluding hydrogens is 204 g/mol. The summed E-state index contributed by atoms with van der Waals surface area (Å²) in [6, 6.07) is 5.57. The predicted octanol–water partition coefficient (Wildman–Crippen LogP) is 1.84. The number of hydrogen-bond donors (Lipinski definition) is 1. The highest BCUT2D eigenvalue weighted by atomic mass is 16.5. The van der Waals surface area contributed by atoms with Crippen LogP contribution in [0.5, 0.6) is 5.75 Å². The van der Waals surface area contributed by atoms with E-state index in [1.807, 2.05) is 19.1 Å². The van der Waals surface area contributed by atoms with Crippen molar-refractivity contribution in [2.75, 3.05) is 6.61 Å². The number of benzene rings is 1. The van der Waals surface area contributed by atoms with Gasteiger partial charge in [0.2, 0.25) is 0 Å². The van der Waals surface area contributed by atoms with Gasteiger partial charge in [0.05, 0.1) is 12.5 Å². The van der Waals surface area contributed by atoms with Gasteiger partial charge in [0.15, 0.2) is 0 Å². The number of carbonyl (C=O) groups is 1. The van der Waals surface area contributed by atoms with Crippen LogP contribution in [0.3, 0.4) is 0 Å². The monoisotopic (exact) mass is 218 g/mol. The molecule has 0 bridgehead atoms. The van der Waals surface area contributed by atoms with Gasteiger partial charge in [0, 0.05) is 5.92 Å². The smallest absolute Gasteiger partial charge is 0.309 e. The fourth-order valence-electron chi connectivity index (χ4n) is 2.97. The molecule has 0 amide bonds. The second kappa shape index (κ2) is 3.24. The lowest BCUT2D eigenvalue weighted by Crippen LogP contribution is -2.10. The van der Waals surface area contributed by atoms with Crippen molar-refractivity contribution in [1.29, 1.82) is 0 Å². The molecule has 3 unspecified atom stereocenters. The Labute approximate surface area is 94.0 Å². The number of hydrogen-bond acceptors (Lipinski definition) is 3. The molecule has 1 aromatic rings. The van der Waals surface area contributed by atoms with Crippen LogP contribution in [0.4, 0.5) is 0 Å². The molecule has 1 saturated carbocycles. The van der Waals surface area contributed by atoms with Gasteiger partial charge in [0.25, 0.3) is 0 Å². The molecule has 3 rings (SSSR count). The summed E-state index contributed by atoms with van der Waals surface area (Å²) < 4.78 is 5.05. The van der Waals surface area contributed by atoms with Crippen molar-refractivity contribution < 1.29 is 14.6 Å². The number of ether oxygens (including phenoxy) is 1. The largest absolute Gasteiger partial charge is 0.508 e. The molecule has 1 aromatic carbocycles. The Morgan fingerprint density at radius 2 is 2.38 bits per heavy atom. The minimum absolute atomic E-state index is 0.0363. The van der Waals surface area contributed by atoms with Crippen molar-refractivity contribution in [2.24, 2.45) is 11.8 Å². The highest BCUT2D eigenvalue weighted by Crippen LogP contribution is 2.62. The Kier molecular flexibility index (Phi) is 1.96. The summed E-state index contributed by atoms with van der Waals surface area (Å²) >= 11 is 0.